The normalized spacial score (nSPS) is 14.0. The van der Waals surface area contributed by atoms with E-state index in [1.54, 1.807) is 0 Å². The molecule has 0 unspecified atom stereocenters. The first kappa shape index (κ1) is 10.1. The van der Waals surface area contributed by atoms with Gasteiger partial charge in [-0.15, -0.1) is 0 Å². The Morgan fingerprint density at radius 1 is 1.38 bits per heavy atom. The Morgan fingerprint density at radius 3 is 2.85 bits per heavy atom. The summed E-state index contributed by atoms with van der Waals surface area (Å²) in [4.78, 5) is 0. The molecular weight excluding hydrogens is 160 g/mol. The minimum absolute atomic E-state index is 0. The molecule has 0 saturated heterocycles. The molecule has 2 rings (SSSR count). The molecule has 76 valence electrons. The van der Waals surface area contributed by atoms with Crippen molar-refractivity contribution in [1.82, 2.24) is 5.32 Å². The SMILES string of the molecule is CC.Nc1cccc2c1CNCC2.[HH].[HH]. The summed E-state index contributed by atoms with van der Waals surface area (Å²) in [6.45, 7) is 6.01. The number of hydrogen-bond acceptors (Lipinski definition) is 2. The van der Waals surface area contributed by atoms with Gasteiger partial charge in [-0.05, 0) is 30.2 Å². The molecule has 2 heteroatoms. The first-order valence-corrected chi connectivity index (χ1v) is 4.95. The van der Waals surface area contributed by atoms with E-state index in [0.29, 0.717) is 0 Å². The molecule has 1 aromatic carbocycles. The van der Waals surface area contributed by atoms with Gasteiger partial charge >= 0.3 is 0 Å². The highest BCUT2D eigenvalue weighted by atomic mass is 14.9. The fourth-order valence-electron chi connectivity index (χ4n) is 1.54. The standard InChI is InChI=1S/C9H12N2.C2H6.2H2/c10-9-3-1-2-7-4-5-11-6-8(7)9;1-2;;/h1-3,11H,4-6,10H2;1-2H3;2*1H. The van der Waals surface area contributed by atoms with Gasteiger partial charge in [0.15, 0.2) is 0 Å². The number of fused-ring (bicyclic) bond motifs is 1. The minimum Gasteiger partial charge on any atom is -0.398 e. The first-order chi connectivity index (χ1) is 6.38. The topological polar surface area (TPSA) is 38.0 Å². The van der Waals surface area contributed by atoms with Crippen LogP contribution >= 0.6 is 0 Å². The van der Waals surface area contributed by atoms with Crippen molar-refractivity contribution in [3.8, 4) is 0 Å². The van der Waals surface area contributed by atoms with E-state index < -0.39 is 0 Å². The molecule has 0 bridgehead atoms. The van der Waals surface area contributed by atoms with Gasteiger partial charge in [0, 0.05) is 15.1 Å². The minimum atomic E-state index is 0. The number of anilines is 1. The molecule has 0 aliphatic carbocycles. The number of nitrogen functional groups attached to an aromatic ring is 1. The van der Waals surface area contributed by atoms with Gasteiger partial charge in [-0.3, -0.25) is 0 Å². The Bertz CT molecular complexity index is 277. The predicted octanol–water partition coefficient (Wildman–Crippen LogP) is 2.43. The molecule has 1 aromatic rings. The Kier molecular flexibility index (Phi) is 3.77. The van der Waals surface area contributed by atoms with Crippen molar-refractivity contribution in [1.29, 1.82) is 0 Å². The zero-order valence-electron chi connectivity index (χ0n) is 8.43. The van der Waals surface area contributed by atoms with Gasteiger partial charge in [0.2, 0.25) is 0 Å². The van der Waals surface area contributed by atoms with Crippen LogP contribution in [0.25, 0.3) is 0 Å². The fraction of sp³-hybridized carbons (Fsp3) is 0.455. The molecule has 2 nitrogen and oxygen atoms in total. The second kappa shape index (κ2) is 4.87. The molecular formula is C11H22N2. The van der Waals surface area contributed by atoms with Crippen molar-refractivity contribution in [2.45, 2.75) is 26.8 Å². The number of hydrogen-bond donors (Lipinski definition) is 2. The lowest BCUT2D eigenvalue weighted by molar-refractivity contribution is 0.645. The molecule has 0 atom stereocenters. The monoisotopic (exact) mass is 182 g/mol. The summed E-state index contributed by atoms with van der Waals surface area (Å²) in [5, 5.41) is 3.30. The van der Waals surface area contributed by atoms with Gasteiger partial charge in [0.05, 0.1) is 0 Å². The van der Waals surface area contributed by atoms with E-state index in [0.717, 1.165) is 25.2 Å². The van der Waals surface area contributed by atoms with E-state index >= 15 is 0 Å². The van der Waals surface area contributed by atoms with E-state index in [-0.39, 0.29) is 2.85 Å². The molecule has 3 N–H and O–H groups in total. The van der Waals surface area contributed by atoms with Crippen LogP contribution in [0, 0.1) is 0 Å². The lowest BCUT2D eigenvalue weighted by Crippen LogP contribution is -2.24. The van der Waals surface area contributed by atoms with Crippen molar-refractivity contribution >= 4 is 5.69 Å². The third-order valence-electron chi connectivity index (χ3n) is 2.18. The van der Waals surface area contributed by atoms with Gasteiger partial charge in [-0.1, -0.05) is 26.0 Å². The van der Waals surface area contributed by atoms with Crippen molar-refractivity contribution in [2.24, 2.45) is 0 Å². The van der Waals surface area contributed by atoms with Gasteiger partial charge in [0.25, 0.3) is 0 Å². The first-order valence-electron chi connectivity index (χ1n) is 4.95. The highest BCUT2D eigenvalue weighted by molar-refractivity contribution is 5.51. The summed E-state index contributed by atoms with van der Waals surface area (Å²) in [5.74, 6) is 0. The van der Waals surface area contributed by atoms with Crippen LogP contribution < -0.4 is 11.1 Å². The molecule has 0 amide bonds. The van der Waals surface area contributed by atoms with Crippen LogP contribution in [0.15, 0.2) is 18.2 Å². The summed E-state index contributed by atoms with van der Waals surface area (Å²) in [7, 11) is 0. The molecule has 0 fully saturated rings. The highest BCUT2D eigenvalue weighted by Crippen LogP contribution is 2.19. The van der Waals surface area contributed by atoms with Gasteiger partial charge in [0.1, 0.15) is 0 Å². The number of nitrogens with two attached hydrogens (primary N) is 1. The van der Waals surface area contributed by atoms with Crippen molar-refractivity contribution < 1.29 is 2.85 Å². The van der Waals surface area contributed by atoms with Crippen LogP contribution in [0.2, 0.25) is 0 Å². The van der Waals surface area contributed by atoms with E-state index in [1.165, 1.54) is 11.1 Å². The molecule has 1 heterocycles. The predicted molar refractivity (Wildman–Crippen MR) is 61.8 cm³/mol. The highest BCUT2D eigenvalue weighted by Gasteiger charge is 2.09. The molecule has 0 spiro atoms. The van der Waals surface area contributed by atoms with Crippen molar-refractivity contribution in [3.63, 3.8) is 0 Å². The molecule has 0 saturated carbocycles. The maximum absolute atomic E-state index is 5.80. The van der Waals surface area contributed by atoms with Crippen molar-refractivity contribution in [3.05, 3.63) is 29.3 Å². The largest absolute Gasteiger partial charge is 0.398 e. The quantitative estimate of drug-likeness (QED) is 0.605. The maximum atomic E-state index is 5.80. The second-order valence-electron chi connectivity index (χ2n) is 2.91. The summed E-state index contributed by atoms with van der Waals surface area (Å²) < 4.78 is 0. The van der Waals surface area contributed by atoms with Crippen LogP contribution in [0.1, 0.15) is 27.8 Å². The van der Waals surface area contributed by atoms with Gasteiger partial charge in [-0.2, -0.15) is 0 Å². The Morgan fingerprint density at radius 2 is 2.15 bits per heavy atom. The van der Waals surface area contributed by atoms with Gasteiger partial charge in [-0.25, -0.2) is 0 Å². The average Bonchev–Trinajstić information content (AvgIpc) is 2.22. The Balaban J connectivity index is 0. The molecule has 1 aliphatic heterocycles. The Labute approximate surface area is 83.1 Å². The number of nitrogens with one attached hydrogen (secondary N) is 1. The van der Waals surface area contributed by atoms with Crippen LogP contribution in [0.5, 0.6) is 0 Å². The average molecular weight is 182 g/mol. The number of rotatable bonds is 0. The maximum Gasteiger partial charge on any atom is 0.0362 e. The third-order valence-corrected chi connectivity index (χ3v) is 2.18. The summed E-state index contributed by atoms with van der Waals surface area (Å²) in [6, 6.07) is 6.15. The third kappa shape index (κ3) is 2.22. The lowest BCUT2D eigenvalue weighted by atomic mass is 10.00. The van der Waals surface area contributed by atoms with E-state index in [4.69, 9.17) is 5.73 Å². The molecule has 13 heavy (non-hydrogen) atoms. The molecule has 0 radical (unpaired) electrons. The summed E-state index contributed by atoms with van der Waals surface area (Å²) >= 11 is 0. The molecule has 0 aromatic heterocycles. The second-order valence-corrected chi connectivity index (χ2v) is 2.91. The van der Waals surface area contributed by atoms with Crippen molar-refractivity contribution in [2.75, 3.05) is 12.3 Å². The molecule has 1 aliphatic rings. The van der Waals surface area contributed by atoms with Crippen LogP contribution in [-0.4, -0.2) is 6.54 Å². The number of benzene rings is 1. The lowest BCUT2D eigenvalue weighted by Gasteiger charge is -2.18. The van der Waals surface area contributed by atoms with Crippen LogP contribution in [0.3, 0.4) is 0 Å². The van der Waals surface area contributed by atoms with Gasteiger partial charge < -0.3 is 11.1 Å². The fourth-order valence-corrected chi connectivity index (χ4v) is 1.54. The summed E-state index contributed by atoms with van der Waals surface area (Å²) in [6.07, 6.45) is 1.11. The van der Waals surface area contributed by atoms with Crippen LogP contribution in [-0.2, 0) is 13.0 Å². The smallest absolute Gasteiger partial charge is 0.0362 e. The van der Waals surface area contributed by atoms with Crippen LogP contribution in [0.4, 0.5) is 5.69 Å². The van der Waals surface area contributed by atoms with E-state index in [2.05, 4.69) is 11.4 Å². The van der Waals surface area contributed by atoms with E-state index in [1.807, 2.05) is 26.0 Å². The summed E-state index contributed by atoms with van der Waals surface area (Å²) in [5.41, 5.74) is 9.42. The Hall–Kier alpha value is -1.02. The zero-order chi connectivity index (χ0) is 9.68. The van der Waals surface area contributed by atoms with E-state index in [9.17, 15) is 0 Å². The zero-order valence-corrected chi connectivity index (χ0v) is 8.43.